The van der Waals surface area contributed by atoms with Crippen LogP contribution in [0.3, 0.4) is 0 Å². The van der Waals surface area contributed by atoms with Crippen molar-refractivity contribution < 1.29 is 9.53 Å². The molecule has 1 aromatic rings. The van der Waals surface area contributed by atoms with Gasteiger partial charge in [-0.05, 0) is 11.6 Å². The van der Waals surface area contributed by atoms with Crippen LogP contribution in [-0.2, 0) is 15.1 Å². The number of carbonyl (C=O) groups is 1. The first kappa shape index (κ1) is 9.55. The maximum Gasteiger partial charge on any atom is 0.331 e. The first-order chi connectivity index (χ1) is 6.68. The van der Waals surface area contributed by atoms with Gasteiger partial charge in [0.25, 0.3) is 0 Å². The Kier molecular flexibility index (Phi) is 2.25. The maximum absolute atomic E-state index is 11.5. The molecule has 1 unspecified atom stereocenters. The van der Waals surface area contributed by atoms with Crippen molar-refractivity contribution in [2.45, 2.75) is 10.4 Å². The van der Waals surface area contributed by atoms with Gasteiger partial charge in [0.2, 0.25) is 0 Å². The van der Waals surface area contributed by atoms with Crippen molar-refractivity contribution in [2.24, 2.45) is 5.73 Å². The van der Waals surface area contributed by atoms with Crippen molar-refractivity contribution >= 4 is 17.7 Å². The Morgan fingerprint density at radius 3 is 3.00 bits per heavy atom. The summed E-state index contributed by atoms with van der Waals surface area (Å²) in [5, 5.41) is 0. The Labute approximate surface area is 86.6 Å². The van der Waals surface area contributed by atoms with E-state index in [-0.39, 0.29) is 5.97 Å². The van der Waals surface area contributed by atoms with Crippen LogP contribution >= 0.6 is 11.8 Å². The SMILES string of the molecule is COC(=O)C1(N)CSc2ccccc21. The molecule has 3 nitrogen and oxygen atoms in total. The first-order valence-electron chi connectivity index (χ1n) is 4.28. The van der Waals surface area contributed by atoms with Crippen LogP contribution in [0.5, 0.6) is 0 Å². The Morgan fingerprint density at radius 2 is 2.29 bits per heavy atom. The van der Waals surface area contributed by atoms with E-state index in [4.69, 9.17) is 10.5 Å². The van der Waals surface area contributed by atoms with Gasteiger partial charge < -0.3 is 10.5 Å². The lowest BCUT2D eigenvalue weighted by Gasteiger charge is -2.20. The monoisotopic (exact) mass is 209 g/mol. The normalized spacial score (nSPS) is 24.4. The summed E-state index contributed by atoms with van der Waals surface area (Å²) in [5.74, 6) is 0.189. The van der Waals surface area contributed by atoms with Gasteiger partial charge in [-0.25, -0.2) is 4.79 Å². The molecule has 1 heterocycles. The molecule has 2 rings (SSSR count). The summed E-state index contributed by atoms with van der Waals surface area (Å²) in [4.78, 5) is 12.6. The van der Waals surface area contributed by atoms with Crippen molar-refractivity contribution in [1.82, 2.24) is 0 Å². The van der Waals surface area contributed by atoms with E-state index in [1.165, 1.54) is 7.11 Å². The van der Waals surface area contributed by atoms with Gasteiger partial charge >= 0.3 is 5.97 Å². The predicted molar refractivity (Wildman–Crippen MR) is 55.0 cm³/mol. The molecule has 4 heteroatoms. The van der Waals surface area contributed by atoms with Crippen LogP contribution in [-0.4, -0.2) is 18.8 Å². The van der Waals surface area contributed by atoms with Crippen LogP contribution in [0.1, 0.15) is 5.56 Å². The third-order valence-electron chi connectivity index (χ3n) is 2.37. The number of hydrogen-bond donors (Lipinski definition) is 1. The average molecular weight is 209 g/mol. The summed E-state index contributed by atoms with van der Waals surface area (Å²) < 4.78 is 4.72. The van der Waals surface area contributed by atoms with Gasteiger partial charge in [0.15, 0.2) is 5.54 Å². The predicted octanol–water partition coefficient (Wildman–Crippen LogP) is 1.12. The number of ether oxygens (including phenoxy) is 1. The Hall–Kier alpha value is -1.00. The zero-order chi connectivity index (χ0) is 10.2. The molecule has 0 saturated carbocycles. The lowest BCUT2D eigenvalue weighted by molar-refractivity contribution is -0.146. The van der Waals surface area contributed by atoms with Crippen molar-refractivity contribution in [3.05, 3.63) is 29.8 Å². The number of carbonyl (C=O) groups excluding carboxylic acids is 1. The van der Waals surface area contributed by atoms with Crippen LogP contribution in [0.15, 0.2) is 29.2 Å². The number of fused-ring (bicyclic) bond motifs is 1. The summed E-state index contributed by atoms with van der Waals surface area (Å²) in [5.41, 5.74) is 5.94. The minimum atomic E-state index is -0.962. The Morgan fingerprint density at radius 1 is 1.57 bits per heavy atom. The van der Waals surface area contributed by atoms with E-state index in [0.29, 0.717) is 5.75 Å². The van der Waals surface area contributed by atoms with Gasteiger partial charge in [0.1, 0.15) is 0 Å². The molecule has 0 amide bonds. The molecular weight excluding hydrogens is 198 g/mol. The molecule has 0 bridgehead atoms. The topological polar surface area (TPSA) is 52.3 Å². The highest BCUT2D eigenvalue weighted by atomic mass is 32.2. The largest absolute Gasteiger partial charge is 0.467 e. The molecule has 0 fully saturated rings. The van der Waals surface area contributed by atoms with Crippen LogP contribution in [0.2, 0.25) is 0 Å². The molecular formula is C10H11NO2S. The molecule has 1 aromatic carbocycles. The summed E-state index contributed by atoms with van der Waals surface area (Å²) in [7, 11) is 1.36. The second kappa shape index (κ2) is 3.29. The van der Waals surface area contributed by atoms with Gasteiger partial charge in [0, 0.05) is 10.6 Å². The van der Waals surface area contributed by atoms with Gasteiger partial charge in [0.05, 0.1) is 7.11 Å². The van der Waals surface area contributed by atoms with E-state index >= 15 is 0 Å². The lowest BCUT2D eigenvalue weighted by Crippen LogP contribution is -2.46. The highest BCUT2D eigenvalue weighted by molar-refractivity contribution is 7.99. The molecule has 1 aliphatic heterocycles. The molecule has 1 atom stereocenters. The van der Waals surface area contributed by atoms with Crippen molar-refractivity contribution in [3.8, 4) is 0 Å². The minimum absolute atomic E-state index is 0.366. The molecule has 74 valence electrons. The summed E-state index contributed by atoms with van der Waals surface area (Å²) in [6.45, 7) is 0. The molecule has 0 spiro atoms. The number of thioether (sulfide) groups is 1. The molecule has 1 aliphatic rings. The van der Waals surface area contributed by atoms with Crippen molar-refractivity contribution in [2.75, 3.05) is 12.9 Å². The fourth-order valence-electron chi connectivity index (χ4n) is 1.58. The van der Waals surface area contributed by atoms with E-state index in [1.807, 2.05) is 24.3 Å². The Balaban J connectivity index is 2.47. The van der Waals surface area contributed by atoms with Crippen molar-refractivity contribution in [1.29, 1.82) is 0 Å². The average Bonchev–Trinajstić information content (AvgIpc) is 2.58. The van der Waals surface area contributed by atoms with Crippen molar-refractivity contribution in [3.63, 3.8) is 0 Å². The lowest BCUT2D eigenvalue weighted by atomic mass is 9.93. The number of esters is 1. The standard InChI is InChI=1S/C10H11NO2S/c1-13-9(12)10(11)6-14-8-5-3-2-4-7(8)10/h2-5H,6,11H2,1H3. The van der Waals surface area contributed by atoms with E-state index in [1.54, 1.807) is 11.8 Å². The molecule has 0 aromatic heterocycles. The van der Waals surface area contributed by atoms with Gasteiger partial charge in [-0.15, -0.1) is 11.8 Å². The van der Waals surface area contributed by atoms with E-state index < -0.39 is 5.54 Å². The minimum Gasteiger partial charge on any atom is -0.467 e. The van der Waals surface area contributed by atoms with E-state index in [9.17, 15) is 4.79 Å². The summed E-state index contributed by atoms with van der Waals surface area (Å²) in [6.07, 6.45) is 0. The van der Waals surface area contributed by atoms with Gasteiger partial charge in [-0.3, -0.25) is 0 Å². The molecule has 0 radical (unpaired) electrons. The van der Waals surface area contributed by atoms with Crippen LogP contribution in [0.4, 0.5) is 0 Å². The fraction of sp³-hybridized carbons (Fsp3) is 0.300. The number of benzene rings is 1. The summed E-state index contributed by atoms with van der Waals surface area (Å²) >= 11 is 1.59. The Bertz CT molecular complexity index is 380. The van der Waals surface area contributed by atoms with Gasteiger partial charge in [-0.2, -0.15) is 0 Å². The molecule has 0 aliphatic carbocycles. The fourth-order valence-corrected chi connectivity index (χ4v) is 2.82. The molecule has 2 N–H and O–H groups in total. The highest BCUT2D eigenvalue weighted by Crippen LogP contribution is 2.41. The number of hydrogen-bond acceptors (Lipinski definition) is 4. The number of rotatable bonds is 1. The molecule has 14 heavy (non-hydrogen) atoms. The van der Waals surface area contributed by atoms with Crippen LogP contribution in [0, 0.1) is 0 Å². The third kappa shape index (κ3) is 1.22. The summed E-state index contributed by atoms with van der Waals surface area (Å²) in [6, 6.07) is 7.67. The quantitative estimate of drug-likeness (QED) is 0.704. The number of methoxy groups -OCH3 is 1. The first-order valence-corrected chi connectivity index (χ1v) is 5.26. The van der Waals surface area contributed by atoms with E-state index in [2.05, 4.69) is 0 Å². The second-order valence-electron chi connectivity index (χ2n) is 3.25. The second-order valence-corrected chi connectivity index (χ2v) is 4.26. The zero-order valence-electron chi connectivity index (χ0n) is 7.82. The van der Waals surface area contributed by atoms with Gasteiger partial charge in [-0.1, -0.05) is 18.2 Å². The van der Waals surface area contributed by atoms with Crippen LogP contribution in [0.25, 0.3) is 0 Å². The zero-order valence-corrected chi connectivity index (χ0v) is 8.64. The molecule has 0 saturated heterocycles. The van der Waals surface area contributed by atoms with E-state index in [0.717, 1.165) is 10.5 Å². The number of nitrogens with two attached hydrogens (primary N) is 1. The highest BCUT2D eigenvalue weighted by Gasteiger charge is 2.43. The van der Waals surface area contributed by atoms with Crippen LogP contribution < -0.4 is 5.73 Å². The third-order valence-corrected chi connectivity index (χ3v) is 3.64. The smallest absolute Gasteiger partial charge is 0.331 e. The maximum atomic E-state index is 11.5.